The molecular formula is C35H33F4N5O7. The van der Waals surface area contributed by atoms with Crippen molar-refractivity contribution in [3.8, 4) is 28.8 Å². The molecular weight excluding hydrogens is 678 g/mol. The number of methoxy groups -OCH3 is 2. The normalized spacial score (nSPS) is 14.4. The van der Waals surface area contributed by atoms with Gasteiger partial charge in [-0.2, -0.15) is 13.2 Å². The van der Waals surface area contributed by atoms with Crippen LogP contribution in [0.1, 0.15) is 45.9 Å². The average Bonchev–Trinajstić information content (AvgIpc) is 3.41. The number of halogens is 4. The fourth-order valence-electron chi connectivity index (χ4n) is 6.11. The highest BCUT2D eigenvalue weighted by Crippen LogP contribution is 2.44. The summed E-state index contributed by atoms with van der Waals surface area (Å²) in [5.74, 6) is -2.49. The quantitative estimate of drug-likeness (QED) is 0.122. The van der Waals surface area contributed by atoms with Gasteiger partial charge < -0.3 is 29.4 Å². The Labute approximate surface area is 288 Å². The highest BCUT2D eigenvalue weighted by molar-refractivity contribution is 5.94. The van der Waals surface area contributed by atoms with Gasteiger partial charge >= 0.3 is 6.18 Å². The summed E-state index contributed by atoms with van der Waals surface area (Å²) in [5, 5.41) is 0.255. The zero-order valence-corrected chi connectivity index (χ0v) is 27.5. The first-order valence-corrected chi connectivity index (χ1v) is 15.8. The summed E-state index contributed by atoms with van der Waals surface area (Å²) in [6.45, 7) is 1.20. The van der Waals surface area contributed by atoms with E-state index in [2.05, 4.69) is 9.97 Å². The van der Waals surface area contributed by atoms with E-state index in [-0.39, 0.29) is 65.9 Å². The lowest BCUT2D eigenvalue weighted by atomic mass is 9.86. The van der Waals surface area contributed by atoms with Crippen molar-refractivity contribution in [3.63, 3.8) is 0 Å². The minimum atomic E-state index is -4.88. The molecule has 1 unspecified atom stereocenters. The van der Waals surface area contributed by atoms with E-state index < -0.39 is 40.7 Å². The molecule has 16 heteroatoms. The number of amides is 1. The number of hydrogen-bond acceptors (Lipinski definition) is 9. The summed E-state index contributed by atoms with van der Waals surface area (Å²) in [6, 6.07) is 11.7. The van der Waals surface area contributed by atoms with Crippen molar-refractivity contribution >= 4 is 16.8 Å². The fourth-order valence-corrected chi connectivity index (χ4v) is 6.11. The van der Waals surface area contributed by atoms with Crippen LogP contribution in [0.2, 0.25) is 0 Å². The van der Waals surface area contributed by atoms with Crippen LogP contribution in [0.5, 0.6) is 23.1 Å². The van der Waals surface area contributed by atoms with Crippen molar-refractivity contribution in [2.45, 2.75) is 31.5 Å². The second-order valence-electron chi connectivity index (χ2n) is 11.6. The number of alkyl halides is 3. The van der Waals surface area contributed by atoms with Gasteiger partial charge in [0.2, 0.25) is 5.88 Å². The van der Waals surface area contributed by atoms with E-state index in [4.69, 9.17) is 29.4 Å². The average molecular weight is 712 g/mol. The number of fused-ring (bicyclic) bond motifs is 2. The maximum Gasteiger partial charge on any atom is 0.419 e. The summed E-state index contributed by atoms with van der Waals surface area (Å²) in [4.78, 5) is 34.6. The minimum Gasteiger partial charge on any atom is -0.487 e. The van der Waals surface area contributed by atoms with Gasteiger partial charge in [-0.25, -0.2) is 19.0 Å². The van der Waals surface area contributed by atoms with E-state index in [1.807, 2.05) is 0 Å². The van der Waals surface area contributed by atoms with Crippen LogP contribution in [0.4, 0.5) is 17.6 Å². The molecule has 0 aliphatic carbocycles. The predicted molar refractivity (Wildman–Crippen MR) is 175 cm³/mol. The number of benzene rings is 3. The standard InChI is InChI=1S/C35H33F4N5O7/c1-47-12-14-49-28-17-24-26(18-29(28)50-15-13-48-2)41-19-42-33(24)51-27-10-5-20(16-25(27)35(37,38)39)23-4-3-11-43-31(23)30(32(40)45)34(46)44(43)22-8-6-21(36)7-9-22/h5-10,16-19,23H,3-4,11-15H2,1-2H3,(H2,40,45). The van der Waals surface area contributed by atoms with Gasteiger partial charge in [-0.1, -0.05) is 6.07 Å². The van der Waals surface area contributed by atoms with E-state index in [0.717, 1.165) is 24.5 Å². The van der Waals surface area contributed by atoms with Crippen LogP contribution < -0.4 is 25.5 Å². The largest absolute Gasteiger partial charge is 0.487 e. The molecule has 0 bridgehead atoms. The Hall–Kier alpha value is -5.48. The Bertz CT molecular complexity index is 2120. The van der Waals surface area contributed by atoms with Crippen LogP contribution in [0, 0.1) is 5.82 Å². The first-order chi connectivity index (χ1) is 24.5. The number of rotatable bonds is 13. The van der Waals surface area contributed by atoms with Crippen LogP contribution in [0.15, 0.2) is 65.7 Å². The molecule has 1 amide bonds. The molecule has 1 aliphatic rings. The lowest BCUT2D eigenvalue weighted by molar-refractivity contribution is -0.138. The molecule has 0 spiro atoms. The molecule has 1 aliphatic heterocycles. The molecule has 0 saturated heterocycles. The Balaban J connectivity index is 1.41. The zero-order valence-electron chi connectivity index (χ0n) is 27.5. The van der Waals surface area contributed by atoms with E-state index in [9.17, 15) is 27.2 Å². The van der Waals surface area contributed by atoms with Crippen LogP contribution in [-0.4, -0.2) is 65.9 Å². The van der Waals surface area contributed by atoms with Crippen LogP contribution in [0.3, 0.4) is 0 Å². The molecule has 3 heterocycles. The van der Waals surface area contributed by atoms with Crippen LogP contribution >= 0.6 is 0 Å². The van der Waals surface area contributed by atoms with Crippen LogP contribution in [0.25, 0.3) is 16.6 Å². The van der Waals surface area contributed by atoms with Gasteiger partial charge in [-0.3, -0.25) is 14.3 Å². The Morgan fingerprint density at radius 2 is 1.61 bits per heavy atom. The number of carbonyl (C=O) groups is 1. The highest BCUT2D eigenvalue weighted by Gasteiger charge is 2.38. The Morgan fingerprint density at radius 3 is 2.25 bits per heavy atom. The van der Waals surface area contributed by atoms with Gasteiger partial charge in [-0.05, 0) is 60.9 Å². The molecule has 0 fully saturated rings. The molecule has 2 N–H and O–H groups in total. The third-order valence-electron chi connectivity index (χ3n) is 8.36. The van der Waals surface area contributed by atoms with Crippen molar-refractivity contribution in [1.82, 2.24) is 19.3 Å². The molecule has 2 aromatic heterocycles. The lowest BCUT2D eigenvalue weighted by Crippen LogP contribution is -2.26. The molecule has 3 aromatic carbocycles. The topological polar surface area (TPSA) is 142 Å². The molecule has 6 rings (SSSR count). The van der Waals surface area contributed by atoms with E-state index in [1.165, 1.54) is 53.9 Å². The summed E-state index contributed by atoms with van der Waals surface area (Å²) in [6.07, 6.45) is -2.94. The number of nitrogens with two attached hydrogens (primary N) is 1. The molecule has 0 saturated carbocycles. The maximum absolute atomic E-state index is 14.7. The summed E-state index contributed by atoms with van der Waals surface area (Å²) in [5.41, 5.74) is 4.41. The highest BCUT2D eigenvalue weighted by atomic mass is 19.4. The minimum absolute atomic E-state index is 0.159. The van der Waals surface area contributed by atoms with E-state index in [1.54, 1.807) is 6.07 Å². The van der Waals surface area contributed by atoms with Crippen molar-refractivity contribution in [3.05, 3.63) is 99.5 Å². The Morgan fingerprint density at radius 1 is 0.922 bits per heavy atom. The third-order valence-corrected chi connectivity index (χ3v) is 8.36. The number of primary amides is 1. The van der Waals surface area contributed by atoms with Crippen molar-refractivity contribution in [2.24, 2.45) is 5.73 Å². The van der Waals surface area contributed by atoms with Gasteiger partial charge in [0.1, 0.15) is 36.7 Å². The number of aromatic nitrogens is 4. The second-order valence-corrected chi connectivity index (χ2v) is 11.6. The summed E-state index contributed by atoms with van der Waals surface area (Å²) >= 11 is 0. The zero-order chi connectivity index (χ0) is 36.3. The van der Waals surface area contributed by atoms with Gasteiger partial charge in [0.25, 0.3) is 11.5 Å². The summed E-state index contributed by atoms with van der Waals surface area (Å²) in [7, 11) is 3.04. The third kappa shape index (κ3) is 7.23. The SMILES string of the molecule is COCCOc1cc2ncnc(Oc3ccc(C4CCCn5c4c(C(N)=O)c(=O)n5-c4ccc(F)cc4)cc3C(F)(F)F)c2cc1OCCOC. The second kappa shape index (κ2) is 14.8. The van der Waals surface area contributed by atoms with Gasteiger partial charge in [0.05, 0.1) is 41.1 Å². The van der Waals surface area contributed by atoms with E-state index >= 15 is 0 Å². The molecule has 5 aromatic rings. The van der Waals surface area contributed by atoms with Crippen molar-refractivity contribution in [2.75, 3.05) is 40.6 Å². The monoisotopic (exact) mass is 711 g/mol. The van der Waals surface area contributed by atoms with E-state index in [0.29, 0.717) is 30.7 Å². The first-order valence-electron chi connectivity index (χ1n) is 15.8. The molecule has 0 radical (unpaired) electrons. The fraction of sp³-hybridized carbons (Fsp3) is 0.314. The molecule has 12 nitrogen and oxygen atoms in total. The van der Waals surface area contributed by atoms with Crippen LogP contribution in [-0.2, 0) is 22.2 Å². The maximum atomic E-state index is 14.7. The molecule has 268 valence electrons. The first kappa shape index (κ1) is 35.3. The van der Waals surface area contributed by atoms with Crippen molar-refractivity contribution < 1.29 is 46.0 Å². The van der Waals surface area contributed by atoms with Gasteiger partial charge in [0.15, 0.2) is 11.5 Å². The van der Waals surface area contributed by atoms with Gasteiger partial charge in [0, 0.05) is 32.7 Å². The summed E-state index contributed by atoms with van der Waals surface area (Å²) < 4.78 is 88.2. The molecule has 51 heavy (non-hydrogen) atoms. The van der Waals surface area contributed by atoms with Crippen molar-refractivity contribution in [1.29, 1.82) is 0 Å². The number of carbonyl (C=O) groups excluding carboxylic acids is 1. The predicted octanol–water partition coefficient (Wildman–Crippen LogP) is 5.61. The smallest absolute Gasteiger partial charge is 0.419 e. The Kier molecular flexibility index (Phi) is 10.2. The number of ether oxygens (including phenoxy) is 5. The van der Waals surface area contributed by atoms with Gasteiger partial charge in [-0.15, -0.1) is 0 Å². The lowest BCUT2D eigenvalue weighted by Gasteiger charge is -2.28. The number of nitrogens with zero attached hydrogens (tertiary/aromatic N) is 4. The number of hydrogen-bond donors (Lipinski definition) is 1. The molecule has 1 atom stereocenters.